The van der Waals surface area contributed by atoms with Gasteiger partial charge in [-0.05, 0) is 66.9 Å². The summed E-state index contributed by atoms with van der Waals surface area (Å²) < 4.78 is 94.4. The van der Waals surface area contributed by atoms with Gasteiger partial charge in [-0.2, -0.15) is 13.2 Å². The Labute approximate surface area is 235 Å². The molecule has 1 heterocycles. The largest absolute Gasteiger partial charge is 0.502 e. The van der Waals surface area contributed by atoms with E-state index < -0.39 is 38.6 Å². The van der Waals surface area contributed by atoms with E-state index in [2.05, 4.69) is 6.58 Å². The van der Waals surface area contributed by atoms with E-state index in [9.17, 15) is 26.0 Å². The van der Waals surface area contributed by atoms with Crippen LogP contribution in [0.1, 0.15) is 36.5 Å². The smallest absolute Gasteiger partial charge is 0.416 e. The zero-order valence-electron chi connectivity index (χ0n) is 21.6. The van der Waals surface area contributed by atoms with Crippen molar-refractivity contribution in [2.45, 2.75) is 36.9 Å². The molecule has 0 saturated carbocycles. The molecule has 5 nitrogen and oxygen atoms in total. The minimum Gasteiger partial charge on any atom is -0.502 e. The summed E-state index contributed by atoms with van der Waals surface area (Å²) >= 11 is 6.20. The highest BCUT2D eigenvalue weighted by Gasteiger charge is 2.37. The van der Waals surface area contributed by atoms with Gasteiger partial charge in [0.1, 0.15) is 17.7 Å². The van der Waals surface area contributed by atoms with Crippen LogP contribution in [-0.4, -0.2) is 28.2 Å². The van der Waals surface area contributed by atoms with Crippen molar-refractivity contribution in [3.8, 4) is 5.75 Å². The number of methoxy groups -OCH3 is 1. The van der Waals surface area contributed by atoms with Crippen LogP contribution in [-0.2, 0) is 20.9 Å². The Bertz CT molecular complexity index is 1550. The average Bonchev–Trinajstić information content (AvgIpc) is 2.90. The number of hydrogen-bond donors (Lipinski definition) is 0. The number of allylic oxidation sites excluding steroid dienone is 2. The summed E-state index contributed by atoms with van der Waals surface area (Å²) in [5, 5.41) is 0.212. The first kappa shape index (κ1) is 29.5. The second-order valence-electron chi connectivity index (χ2n) is 9.23. The third-order valence-electron chi connectivity index (χ3n) is 6.44. The Balaban J connectivity index is 1.79. The van der Waals surface area contributed by atoms with Gasteiger partial charge in [0.15, 0.2) is 0 Å². The summed E-state index contributed by atoms with van der Waals surface area (Å²) in [5.41, 5.74) is 0.257. The molecule has 4 rings (SSSR count). The van der Waals surface area contributed by atoms with Crippen LogP contribution in [0, 0.1) is 5.82 Å². The molecule has 1 aliphatic heterocycles. The van der Waals surface area contributed by atoms with Gasteiger partial charge >= 0.3 is 6.18 Å². The third kappa shape index (κ3) is 6.28. The standard InChI is InChI=1S/C29H26ClF4NO4S/c1-18(28-24(30)8-5-9-25(28)31)14-20-11-13-27-26(15-20)35(17-22(39-27)12-10-19(2)38-3)40(36,37)23-7-4-6-21(16-23)29(32,33)34/h4-9,11,13-16,22H,2,10,12,17H2,1,3H3/b18-14+/t22-/m0/s1. The number of halogens is 5. The minimum absolute atomic E-state index is 0.139. The first-order chi connectivity index (χ1) is 18.8. The quantitative estimate of drug-likeness (QED) is 0.151. The summed E-state index contributed by atoms with van der Waals surface area (Å²) in [6.07, 6.45) is -2.97. The molecular weight excluding hydrogens is 570 g/mol. The highest BCUT2D eigenvalue weighted by atomic mass is 35.5. The molecular formula is C29H26ClF4NO4S. The van der Waals surface area contributed by atoms with Gasteiger partial charge in [0.25, 0.3) is 10.0 Å². The highest BCUT2D eigenvalue weighted by Crippen LogP contribution is 2.40. The predicted molar refractivity (Wildman–Crippen MR) is 147 cm³/mol. The Morgan fingerprint density at radius 1 is 1.18 bits per heavy atom. The highest BCUT2D eigenvalue weighted by molar-refractivity contribution is 7.92. The fraction of sp³-hybridized carbons (Fsp3) is 0.241. The van der Waals surface area contributed by atoms with Crippen molar-refractivity contribution >= 4 is 39.0 Å². The molecule has 0 unspecified atom stereocenters. The number of rotatable bonds is 8. The van der Waals surface area contributed by atoms with Crippen LogP contribution in [0.3, 0.4) is 0 Å². The predicted octanol–water partition coefficient (Wildman–Crippen LogP) is 7.96. The summed E-state index contributed by atoms with van der Waals surface area (Å²) in [5.74, 6) is 0.190. The Hall–Kier alpha value is -3.50. The topological polar surface area (TPSA) is 55.8 Å². The molecule has 0 radical (unpaired) electrons. The number of hydrogen-bond acceptors (Lipinski definition) is 4. The third-order valence-corrected chi connectivity index (χ3v) is 8.53. The second kappa shape index (κ2) is 11.5. The fourth-order valence-electron chi connectivity index (χ4n) is 4.38. The maximum Gasteiger partial charge on any atom is 0.416 e. The van der Waals surface area contributed by atoms with Crippen LogP contribution in [0.15, 0.2) is 77.9 Å². The van der Waals surface area contributed by atoms with E-state index >= 15 is 0 Å². The van der Waals surface area contributed by atoms with Gasteiger partial charge in [-0.3, -0.25) is 4.31 Å². The maximum atomic E-state index is 14.5. The van der Waals surface area contributed by atoms with Crippen molar-refractivity contribution in [3.05, 3.63) is 101 Å². The summed E-state index contributed by atoms with van der Waals surface area (Å²) in [6.45, 7) is 5.27. The van der Waals surface area contributed by atoms with Crippen LogP contribution in [0.25, 0.3) is 11.6 Å². The molecule has 11 heteroatoms. The molecule has 212 valence electrons. The first-order valence-electron chi connectivity index (χ1n) is 12.2. The molecule has 0 N–H and O–H groups in total. The van der Waals surface area contributed by atoms with Gasteiger partial charge < -0.3 is 9.47 Å². The van der Waals surface area contributed by atoms with Gasteiger partial charge in [0, 0.05) is 12.0 Å². The lowest BCUT2D eigenvalue weighted by atomic mass is 10.0. The summed E-state index contributed by atoms with van der Waals surface area (Å²) in [7, 11) is -2.98. The number of benzene rings is 3. The van der Waals surface area contributed by atoms with Crippen LogP contribution >= 0.6 is 11.6 Å². The van der Waals surface area contributed by atoms with E-state index in [0.29, 0.717) is 35.8 Å². The van der Waals surface area contributed by atoms with Crippen molar-refractivity contribution in [3.63, 3.8) is 0 Å². The number of fused-ring (bicyclic) bond motifs is 1. The van der Waals surface area contributed by atoms with E-state index in [1.165, 1.54) is 25.3 Å². The van der Waals surface area contributed by atoms with Crippen LogP contribution in [0.4, 0.5) is 23.2 Å². The molecule has 1 atom stereocenters. The van der Waals surface area contributed by atoms with E-state index in [-0.39, 0.29) is 28.6 Å². The number of nitrogens with zero attached hydrogens (tertiary/aromatic N) is 1. The molecule has 1 aliphatic rings. The average molecular weight is 596 g/mol. The number of ether oxygens (including phenoxy) is 2. The molecule has 0 aliphatic carbocycles. The van der Waals surface area contributed by atoms with Gasteiger partial charge in [-0.25, -0.2) is 12.8 Å². The second-order valence-corrected chi connectivity index (χ2v) is 11.5. The van der Waals surface area contributed by atoms with E-state index in [1.54, 1.807) is 31.2 Å². The maximum absolute atomic E-state index is 14.5. The lowest BCUT2D eigenvalue weighted by Crippen LogP contribution is -2.43. The molecule has 0 aromatic heterocycles. The number of anilines is 1. The van der Waals surface area contributed by atoms with Crippen LogP contribution in [0.5, 0.6) is 5.75 Å². The molecule has 0 bridgehead atoms. The molecule has 3 aromatic rings. The van der Waals surface area contributed by atoms with E-state index in [1.807, 2.05) is 0 Å². The lowest BCUT2D eigenvalue weighted by Gasteiger charge is -2.36. The molecule has 3 aromatic carbocycles. The monoisotopic (exact) mass is 595 g/mol. The van der Waals surface area contributed by atoms with Crippen molar-refractivity contribution in [2.24, 2.45) is 0 Å². The molecule has 0 fully saturated rings. The Kier molecular flexibility index (Phi) is 8.51. The van der Waals surface area contributed by atoms with Gasteiger partial charge in [-0.1, -0.05) is 42.5 Å². The normalized spacial score (nSPS) is 15.8. The van der Waals surface area contributed by atoms with Gasteiger partial charge in [0.05, 0.1) is 40.6 Å². The SMILES string of the molecule is C=C(CC[C@H]1CN(S(=O)(=O)c2cccc(C(F)(F)F)c2)c2cc(/C=C(\C)c3c(F)cccc3Cl)ccc2O1)OC. The zero-order chi connectivity index (χ0) is 29.2. The zero-order valence-corrected chi connectivity index (χ0v) is 23.2. The number of sulfonamides is 1. The van der Waals surface area contributed by atoms with Crippen LogP contribution < -0.4 is 9.04 Å². The summed E-state index contributed by atoms with van der Waals surface area (Å²) in [4.78, 5) is -0.509. The molecule has 40 heavy (non-hydrogen) atoms. The first-order valence-corrected chi connectivity index (χ1v) is 14.0. The van der Waals surface area contributed by atoms with Gasteiger partial charge in [0.2, 0.25) is 0 Å². The number of alkyl halides is 3. The summed E-state index contributed by atoms with van der Waals surface area (Å²) in [6, 6.07) is 12.7. The Morgan fingerprint density at radius 2 is 1.90 bits per heavy atom. The van der Waals surface area contributed by atoms with Crippen LogP contribution in [0.2, 0.25) is 5.02 Å². The molecule has 0 saturated heterocycles. The lowest BCUT2D eigenvalue weighted by molar-refractivity contribution is -0.137. The van der Waals surface area contributed by atoms with Crippen molar-refractivity contribution in [1.82, 2.24) is 0 Å². The van der Waals surface area contributed by atoms with Crippen molar-refractivity contribution < 1.29 is 35.5 Å². The molecule has 0 spiro atoms. The molecule has 0 amide bonds. The van der Waals surface area contributed by atoms with Crippen molar-refractivity contribution in [2.75, 3.05) is 18.0 Å². The Morgan fingerprint density at radius 3 is 2.58 bits per heavy atom. The van der Waals surface area contributed by atoms with Crippen molar-refractivity contribution in [1.29, 1.82) is 0 Å². The van der Waals surface area contributed by atoms with Gasteiger partial charge in [-0.15, -0.1) is 0 Å². The van der Waals surface area contributed by atoms with E-state index in [4.69, 9.17) is 21.1 Å². The fourth-order valence-corrected chi connectivity index (χ4v) is 6.23. The minimum atomic E-state index is -4.72. The van der Waals surface area contributed by atoms with E-state index in [0.717, 1.165) is 22.5 Å².